The van der Waals surface area contributed by atoms with Crippen LogP contribution in [0.15, 0.2) is 48.5 Å². The molecule has 3 rings (SSSR count). The highest BCUT2D eigenvalue weighted by Crippen LogP contribution is 2.16. The summed E-state index contributed by atoms with van der Waals surface area (Å²) in [5.74, 6) is 0.771. The van der Waals surface area contributed by atoms with E-state index in [0.29, 0.717) is 0 Å². The Labute approximate surface area is 161 Å². The molecule has 0 unspecified atom stereocenters. The number of ether oxygens (including phenoxy) is 1. The van der Waals surface area contributed by atoms with E-state index in [9.17, 15) is 4.79 Å². The molecule has 0 saturated carbocycles. The van der Waals surface area contributed by atoms with Crippen LogP contribution in [0.5, 0.6) is 5.75 Å². The Hall–Kier alpha value is -2.53. The Morgan fingerprint density at radius 3 is 2.52 bits per heavy atom. The van der Waals surface area contributed by atoms with E-state index in [1.165, 1.54) is 16.7 Å². The number of nitrogens with zero attached hydrogens (tertiary/aromatic N) is 1. The number of carbonyl (C=O) groups excluding carboxylic acids is 1. The highest BCUT2D eigenvalue weighted by atomic mass is 16.5. The van der Waals surface area contributed by atoms with Crippen molar-refractivity contribution in [1.29, 1.82) is 0 Å². The first-order valence-corrected chi connectivity index (χ1v) is 9.61. The molecule has 0 atom stereocenters. The Kier molecular flexibility index (Phi) is 6.71. The average molecular weight is 367 g/mol. The molecule has 1 saturated heterocycles. The van der Waals surface area contributed by atoms with Gasteiger partial charge < -0.3 is 15.4 Å². The predicted molar refractivity (Wildman–Crippen MR) is 108 cm³/mol. The molecule has 27 heavy (non-hydrogen) atoms. The molecule has 2 N–H and O–H groups in total. The van der Waals surface area contributed by atoms with Gasteiger partial charge in [0.15, 0.2) is 6.73 Å². The van der Waals surface area contributed by atoms with Crippen LogP contribution in [0.4, 0.5) is 4.79 Å². The van der Waals surface area contributed by atoms with Crippen LogP contribution in [-0.2, 0) is 6.54 Å². The molecule has 1 heterocycles. The molecule has 0 aliphatic carbocycles. The smallest absolute Gasteiger partial charge is 0.317 e. The summed E-state index contributed by atoms with van der Waals surface area (Å²) in [6.07, 6.45) is 1.94. The molecule has 0 spiro atoms. The van der Waals surface area contributed by atoms with E-state index in [-0.39, 0.29) is 18.8 Å². The van der Waals surface area contributed by atoms with Crippen molar-refractivity contribution in [3.63, 3.8) is 0 Å². The topological polar surface area (TPSA) is 53.6 Å². The number of aryl methyl sites for hydroxylation is 2. The number of urea groups is 1. The van der Waals surface area contributed by atoms with Gasteiger partial charge in [-0.15, -0.1) is 0 Å². The minimum absolute atomic E-state index is 0.166. The van der Waals surface area contributed by atoms with Crippen LogP contribution in [0.2, 0.25) is 0 Å². The number of hydrogen-bond acceptors (Lipinski definition) is 3. The van der Waals surface area contributed by atoms with Crippen LogP contribution in [0, 0.1) is 13.8 Å². The van der Waals surface area contributed by atoms with Crippen molar-refractivity contribution in [3.05, 3.63) is 65.2 Å². The minimum Gasteiger partial charge on any atom is -0.473 e. The van der Waals surface area contributed by atoms with Crippen molar-refractivity contribution in [1.82, 2.24) is 15.5 Å². The quantitative estimate of drug-likeness (QED) is 0.767. The van der Waals surface area contributed by atoms with Gasteiger partial charge in [0, 0.05) is 25.7 Å². The normalized spacial score (nSPS) is 15.3. The van der Waals surface area contributed by atoms with E-state index in [1.807, 2.05) is 31.2 Å². The summed E-state index contributed by atoms with van der Waals surface area (Å²) in [7, 11) is 0. The summed E-state index contributed by atoms with van der Waals surface area (Å²) in [5, 5.41) is 5.83. The fourth-order valence-electron chi connectivity index (χ4n) is 3.30. The second kappa shape index (κ2) is 9.42. The van der Waals surface area contributed by atoms with Crippen LogP contribution < -0.4 is 15.4 Å². The third-order valence-corrected chi connectivity index (χ3v) is 5.12. The Balaban J connectivity index is 1.33. The molecule has 2 aromatic carbocycles. The summed E-state index contributed by atoms with van der Waals surface area (Å²) in [6, 6.07) is 16.5. The number of rotatable bonds is 6. The van der Waals surface area contributed by atoms with Crippen molar-refractivity contribution >= 4 is 6.03 Å². The first kappa shape index (κ1) is 19.2. The van der Waals surface area contributed by atoms with E-state index < -0.39 is 0 Å². The van der Waals surface area contributed by atoms with Crippen LogP contribution >= 0.6 is 0 Å². The first-order chi connectivity index (χ1) is 13.1. The Morgan fingerprint density at radius 2 is 1.81 bits per heavy atom. The molecule has 2 amide bonds. The second-order valence-corrected chi connectivity index (χ2v) is 7.22. The zero-order chi connectivity index (χ0) is 19.1. The summed E-state index contributed by atoms with van der Waals surface area (Å²) < 4.78 is 5.60. The Bertz CT molecular complexity index is 740. The summed E-state index contributed by atoms with van der Waals surface area (Å²) in [6.45, 7) is 7.26. The van der Waals surface area contributed by atoms with Gasteiger partial charge in [-0.25, -0.2) is 4.79 Å². The highest BCUT2D eigenvalue weighted by Gasteiger charge is 2.20. The maximum atomic E-state index is 12.1. The lowest BCUT2D eigenvalue weighted by atomic mass is 10.0. The lowest BCUT2D eigenvalue weighted by Crippen LogP contribution is -2.48. The lowest BCUT2D eigenvalue weighted by Gasteiger charge is -2.32. The van der Waals surface area contributed by atoms with Gasteiger partial charge in [0.25, 0.3) is 0 Å². The molecule has 144 valence electrons. The molecule has 1 aliphatic heterocycles. The number of nitrogens with one attached hydrogen (secondary N) is 2. The number of likely N-dealkylation sites (tertiary alicyclic amines) is 1. The fraction of sp³-hybridized carbons (Fsp3) is 0.409. The number of carbonyl (C=O) groups is 1. The summed E-state index contributed by atoms with van der Waals surface area (Å²) in [4.78, 5) is 14.5. The third-order valence-electron chi connectivity index (χ3n) is 5.12. The van der Waals surface area contributed by atoms with Gasteiger partial charge >= 0.3 is 6.03 Å². The van der Waals surface area contributed by atoms with Gasteiger partial charge in [-0.2, -0.15) is 0 Å². The van der Waals surface area contributed by atoms with Gasteiger partial charge in [-0.05, 0) is 55.5 Å². The van der Waals surface area contributed by atoms with Crippen LogP contribution in [-0.4, -0.2) is 36.8 Å². The largest absolute Gasteiger partial charge is 0.473 e. The molecule has 0 bridgehead atoms. The number of hydrogen-bond donors (Lipinski definition) is 2. The molecule has 2 aromatic rings. The van der Waals surface area contributed by atoms with E-state index in [2.05, 4.69) is 46.7 Å². The van der Waals surface area contributed by atoms with Crippen molar-refractivity contribution < 1.29 is 9.53 Å². The fourth-order valence-corrected chi connectivity index (χ4v) is 3.30. The maximum Gasteiger partial charge on any atom is 0.317 e. The minimum atomic E-state index is -0.166. The number of piperidine rings is 1. The molecular formula is C22H29N3O2. The van der Waals surface area contributed by atoms with E-state index in [4.69, 9.17) is 4.74 Å². The molecule has 5 nitrogen and oxygen atoms in total. The number of benzene rings is 2. The SMILES string of the molecule is Cc1ccc(OCNC(=O)NC2CCN(Cc3ccccc3)CC2)cc1C. The molecule has 1 fully saturated rings. The first-order valence-electron chi connectivity index (χ1n) is 9.61. The maximum absolute atomic E-state index is 12.1. The van der Waals surface area contributed by atoms with E-state index in [0.717, 1.165) is 38.2 Å². The number of amides is 2. The lowest BCUT2D eigenvalue weighted by molar-refractivity contribution is 0.183. The van der Waals surface area contributed by atoms with Crippen LogP contribution in [0.3, 0.4) is 0 Å². The van der Waals surface area contributed by atoms with Crippen LogP contribution in [0.1, 0.15) is 29.5 Å². The van der Waals surface area contributed by atoms with Crippen molar-refractivity contribution in [2.45, 2.75) is 39.3 Å². The molecule has 5 heteroatoms. The van der Waals surface area contributed by atoms with Gasteiger partial charge in [-0.3, -0.25) is 4.90 Å². The average Bonchev–Trinajstić information content (AvgIpc) is 2.67. The van der Waals surface area contributed by atoms with E-state index >= 15 is 0 Å². The zero-order valence-corrected chi connectivity index (χ0v) is 16.2. The molecule has 0 radical (unpaired) electrons. The van der Waals surface area contributed by atoms with Crippen molar-refractivity contribution in [2.75, 3.05) is 19.8 Å². The second-order valence-electron chi connectivity index (χ2n) is 7.22. The van der Waals surface area contributed by atoms with Gasteiger partial charge in [0.05, 0.1) is 0 Å². The summed E-state index contributed by atoms with van der Waals surface area (Å²) >= 11 is 0. The zero-order valence-electron chi connectivity index (χ0n) is 16.2. The predicted octanol–water partition coefficient (Wildman–Crippen LogP) is 3.60. The highest BCUT2D eigenvalue weighted by molar-refractivity contribution is 5.74. The third kappa shape index (κ3) is 6.00. The van der Waals surface area contributed by atoms with Gasteiger partial charge in [-0.1, -0.05) is 36.4 Å². The van der Waals surface area contributed by atoms with Crippen molar-refractivity contribution in [3.8, 4) is 5.75 Å². The molecule has 0 aromatic heterocycles. The van der Waals surface area contributed by atoms with Gasteiger partial charge in [0.2, 0.25) is 0 Å². The van der Waals surface area contributed by atoms with E-state index in [1.54, 1.807) is 0 Å². The monoisotopic (exact) mass is 367 g/mol. The van der Waals surface area contributed by atoms with Gasteiger partial charge in [0.1, 0.15) is 5.75 Å². The Morgan fingerprint density at radius 1 is 1.07 bits per heavy atom. The van der Waals surface area contributed by atoms with Crippen molar-refractivity contribution in [2.24, 2.45) is 0 Å². The molecule has 1 aliphatic rings. The standard InChI is InChI=1S/C22H29N3O2/c1-17-8-9-21(14-18(17)2)27-16-23-22(26)24-20-10-12-25(13-11-20)15-19-6-4-3-5-7-19/h3-9,14,20H,10-13,15-16H2,1-2H3,(H2,23,24,26). The molecular weight excluding hydrogens is 338 g/mol. The summed E-state index contributed by atoms with van der Waals surface area (Å²) in [5.41, 5.74) is 3.75. The van der Waals surface area contributed by atoms with Crippen LogP contribution in [0.25, 0.3) is 0 Å².